The maximum Gasteiger partial charge on any atom is 0.305 e. The molecule has 0 fully saturated rings. The SMILES string of the molecule is CCOC(=O)CCCCCNC(C)CSC. The van der Waals surface area contributed by atoms with Gasteiger partial charge in [0.2, 0.25) is 0 Å². The fraction of sp³-hybridized carbons (Fsp3) is 0.917. The van der Waals surface area contributed by atoms with Crippen molar-refractivity contribution >= 4 is 17.7 Å². The number of unbranched alkanes of at least 4 members (excludes halogenated alkanes) is 2. The lowest BCUT2D eigenvalue weighted by Crippen LogP contribution is -2.28. The molecule has 3 nitrogen and oxygen atoms in total. The molecule has 0 spiro atoms. The van der Waals surface area contributed by atoms with Crippen LogP contribution in [0.3, 0.4) is 0 Å². The topological polar surface area (TPSA) is 38.3 Å². The number of thioether (sulfide) groups is 1. The summed E-state index contributed by atoms with van der Waals surface area (Å²) in [6, 6.07) is 0.583. The van der Waals surface area contributed by atoms with Crippen LogP contribution in [0.25, 0.3) is 0 Å². The van der Waals surface area contributed by atoms with Crippen LogP contribution in [0.15, 0.2) is 0 Å². The van der Waals surface area contributed by atoms with Gasteiger partial charge in [0.25, 0.3) is 0 Å². The molecule has 0 amide bonds. The van der Waals surface area contributed by atoms with Gasteiger partial charge >= 0.3 is 5.97 Å². The molecule has 0 aromatic rings. The largest absolute Gasteiger partial charge is 0.466 e. The molecule has 0 aromatic carbocycles. The summed E-state index contributed by atoms with van der Waals surface area (Å²) in [6.07, 6.45) is 5.86. The Hall–Kier alpha value is -0.220. The standard InChI is InChI=1S/C12H25NO2S/c1-4-15-12(14)8-6-5-7-9-13-11(2)10-16-3/h11,13H,4-10H2,1-3H3. The van der Waals surface area contributed by atoms with Gasteiger partial charge in [0.05, 0.1) is 6.61 Å². The van der Waals surface area contributed by atoms with E-state index in [0.717, 1.165) is 31.6 Å². The van der Waals surface area contributed by atoms with Crippen LogP contribution < -0.4 is 5.32 Å². The van der Waals surface area contributed by atoms with Crippen molar-refractivity contribution in [3.8, 4) is 0 Å². The van der Waals surface area contributed by atoms with Crippen molar-refractivity contribution in [1.29, 1.82) is 0 Å². The highest BCUT2D eigenvalue weighted by Gasteiger charge is 2.01. The number of esters is 1. The number of carbonyl (C=O) groups is 1. The van der Waals surface area contributed by atoms with Gasteiger partial charge in [-0.2, -0.15) is 11.8 Å². The zero-order valence-electron chi connectivity index (χ0n) is 10.8. The molecule has 0 aliphatic rings. The predicted molar refractivity (Wildman–Crippen MR) is 70.9 cm³/mol. The highest BCUT2D eigenvalue weighted by Crippen LogP contribution is 2.01. The number of rotatable bonds is 10. The number of ether oxygens (including phenoxy) is 1. The summed E-state index contributed by atoms with van der Waals surface area (Å²) in [5, 5.41) is 3.46. The van der Waals surface area contributed by atoms with Crippen molar-refractivity contribution in [1.82, 2.24) is 5.32 Å². The van der Waals surface area contributed by atoms with Crippen LogP contribution in [0.5, 0.6) is 0 Å². The molecular weight excluding hydrogens is 222 g/mol. The zero-order valence-corrected chi connectivity index (χ0v) is 11.6. The van der Waals surface area contributed by atoms with Crippen molar-refractivity contribution in [2.45, 2.75) is 45.6 Å². The van der Waals surface area contributed by atoms with Gasteiger partial charge < -0.3 is 10.1 Å². The molecule has 96 valence electrons. The van der Waals surface area contributed by atoms with E-state index in [1.165, 1.54) is 0 Å². The predicted octanol–water partition coefficient (Wildman–Crippen LogP) is 2.45. The van der Waals surface area contributed by atoms with Crippen molar-refractivity contribution < 1.29 is 9.53 Å². The Morgan fingerprint density at radius 1 is 1.38 bits per heavy atom. The lowest BCUT2D eigenvalue weighted by Gasteiger charge is -2.11. The van der Waals surface area contributed by atoms with E-state index in [2.05, 4.69) is 18.5 Å². The summed E-state index contributed by atoms with van der Waals surface area (Å²) in [5.41, 5.74) is 0. The summed E-state index contributed by atoms with van der Waals surface area (Å²) in [5.74, 6) is 1.09. The van der Waals surface area contributed by atoms with Gasteiger partial charge in [0, 0.05) is 18.2 Å². The van der Waals surface area contributed by atoms with Crippen LogP contribution in [0.4, 0.5) is 0 Å². The van der Waals surface area contributed by atoms with Gasteiger partial charge in [-0.15, -0.1) is 0 Å². The third-order valence-electron chi connectivity index (χ3n) is 2.27. The van der Waals surface area contributed by atoms with E-state index in [1.54, 1.807) is 0 Å². The first kappa shape index (κ1) is 15.8. The summed E-state index contributed by atoms with van der Waals surface area (Å²) >= 11 is 1.86. The fourth-order valence-electron chi connectivity index (χ4n) is 1.46. The van der Waals surface area contributed by atoms with Gasteiger partial charge in [0.15, 0.2) is 0 Å². The normalized spacial score (nSPS) is 12.4. The average Bonchev–Trinajstić information content (AvgIpc) is 2.24. The first-order chi connectivity index (χ1) is 7.70. The monoisotopic (exact) mass is 247 g/mol. The number of hydrogen-bond donors (Lipinski definition) is 1. The first-order valence-electron chi connectivity index (χ1n) is 6.08. The quantitative estimate of drug-likeness (QED) is 0.475. The Balaban J connectivity index is 3.18. The minimum atomic E-state index is -0.0637. The van der Waals surface area contributed by atoms with Crippen LogP contribution in [0, 0.1) is 0 Å². The summed E-state index contributed by atoms with van der Waals surface area (Å²) in [6.45, 7) is 5.58. The molecule has 16 heavy (non-hydrogen) atoms. The Kier molecular flexibility index (Phi) is 11.1. The van der Waals surface area contributed by atoms with Gasteiger partial charge in [-0.1, -0.05) is 6.42 Å². The highest BCUT2D eigenvalue weighted by atomic mass is 32.2. The molecule has 0 heterocycles. The van der Waals surface area contributed by atoms with E-state index < -0.39 is 0 Å². The number of hydrogen-bond acceptors (Lipinski definition) is 4. The van der Waals surface area contributed by atoms with Crippen molar-refractivity contribution in [2.75, 3.05) is 25.2 Å². The molecule has 0 rings (SSSR count). The van der Waals surface area contributed by atoms with Gasteiger partial charge in [-0.05, 0) is 39.5 Å². The Labute approximate surface area is 104 Å². The molecule has 0 radical (unpaired) electrons. The lowest BCUT2D eigenvalue weighted by atomic mass is 10.2. The zero-order chi connectivity index (χ0) is 12.2. The third kappa shape index (κ3) is 10.3. The lowest BCUT2D eigenvalue weighted by molar-refractivity contribution is -0.143. The van der Waals surface area contributed by atoms with Crippen LogP contribution in [-0.4, -0.2) is 37.2 Å². The van der Waals surface area contributed by atoms with E-state index in [0.29, 0.717) is 19.1 Å². The third-order valence-corrected chi connectivity index (χ3v) is 3.11. The molecule has 1 N–H and O–H groups in total. The molecule has 4 heteroatoms. The summed E-state index contributed by atoms with van der Waals surface area (Å²) < 4.78 is 4.86. The van der Waals surface area contributed by atoms with E-state index in [4.69, 9.17) is 4.74 Å². The second-order valence-electron chi connectivity index (χ2n) is 3.93. The second kappa shape index (κ2) is 11.3. The van der Waals surface area contributed by atoms with E-state index in [1.807, 2.05) is 18.7 Å². The fourth-order valence-corrected chi connectivity index (χ4v) is 2.08. The van der Waals surface area contributed by atoms with Gasteiger partial charge in [-0.3, -0.25) is 4.79 Å². The van der Waals surface area contributed by atoms with Crippen LogP contribution >= 0.6 is 11.8 Å². The Morgan fingerprint density at radius 2 is 2.12 bits per heavy atom. The van der Waals surface area contributed by atoms with Crippen LogP contribution in [0.1, 0.15) is 39.5 Å². The smallest absolute Gasteiger partial charge is 0.305 e. The molecule has 0 bridgehead atoms. The van der Waals surface area contributed by atoms with E-state index in [9.17, 15) is 4.79 Å². The minimum Gasteiger partial charge on any atom is -0.466 e. The average molecular weight is 247 g/mol. The Bertz CT molecular complexity index is 176. The molecule has 1 atom stereocenters. The molecule has 0 aromatic heterocycles. The maximum atomic E-state index is 11.0. The van der Waals surface area contributed by atoms with Crippen LogP contribution in [0.2, 0.25) is 0 Å². The van der Waals surface area contributed by atoms with Crippen LogP contribution in [-0.2, 0) is 9.53 Å². The first-order valence-corrected chi connectivity index (χ1v) is 7.48. The van der Waals surface area contributed by atoms with E-state index >= 15 is 0 Å². The maximum absolute atomic E-state index is 11.0. The van der Waals surface area contributed by atoms with Crippen molar-refractivity contribution in [3.63, 3.8) is 0 Å². The molecule has 0 saturated carbocycles. The molecule has 1 unspecified atom stereocenters. The van der Waals surface area contributed by atoms with Crippen molar-refractivity contribution in [3.05, 3.63) is 0 Å². The molecule has 0 aliphatic heterocycles. The van der Waals surface area contributed by atoms with Gasteiger partial charge in [-0.25, -0.2) is 0 Å². The molecular formula is C12H25NO2S. The second-order valence-corrected chi connectivity index (χ2v) is 4.84. The van der Waals surface area contributed by atoms with Crippen molar-refractivity contribution in [2.24, 2.45) is 0 Å². The summed E-state index contributed by atoms with van der Waals surface area (Å²) in [7, 11) is 0. The minimum absolute atomic E-state index is 0.0637. The molecule has 0 aliphatic carbocycles. The summed E-state index contributed by atoms with van der Waals surface area (Å²) in [4.78, 5) is 11.0. The van der Waals surface area contributed by atoms with Gasteiger partial charge in [0.1, 0.15) is 0 Å². The highest BCUT2D eigenvalue weighted by molar-refractivity contribution is 7.98. The molecule has 0 saturated heterocycles. The number of carbonyl (C=O) groups excluding carboxylic acids is 1. The van der Waals surface area contributed by atoms with E-state index in [-0.39, 0.29) is 5.97 Å². The Morgan fingerprint density at radius 3 is 2.75 bits per heavy atom. The number of nitrogens with one attached hydrogen (secondary N) is 1.